The highest BCUT2D eigenvalue weighted by Gasteiger charge is 2.17. The minimum Gasteiger partial charge on any atom is -0.273 e. The number of rotatable bonds is 5. The highest BCUT2D eigenvalue weighted by atomic mass is 32.2. The summed E-state index contributed by atoms with van der Waals surface area (Å²) < 4.78 is 28.8. The molecule has 0 bridgehead atoms. The number of hydrogen-bond donors (Lipinski definition) is 1. The molecule has 1 heterocycles. The molecule has 2 aromatic rings. The van der Waals surface area contributed by atoms with Crippen molar-refractivity contribution < 1.29 is 8.42 Å². The molecule has 1 aromatic heterocycles. The zero-order valence-corrected chi connectivity index (χ0v) is 12.7. The molecule has 21 heavy (non-hydrogen) atoms. The van der Waals surface area contributed by atoms with E-state index in [1.807, 2.05) is 19.2 Å². The van der Waals surface area contributed by atoms with Gasteiger partial charge < -0.3 is 0 Å². The fourth-order valence-electron chi connectivity index (χ4n) is 2.00. The lowest BCUT2D eigenvalue weighted by Gasteiger charge is -2.09. The maximum absolute atomic E-state index is 12.3. The van der Waals surface area contributed by atoms with Crippen LogP contribution in [0.15, 0.2) is 35.4 Å². The van der Waals surface area contributed by atoms with Crippen LogP contribution >= 0.6 is 0 Å². The first-order valence-corrected chi connectivity index (χ1v) is 7.89. The number of nitrogens with zero attached hydrogens (tertiary/aromatic N) is 3. The third kappa shape index (κ3) is 3.48. The minimum atomic E-state index is -3.62. The Balaban J connectivity index is 2.12. The Morgan fingerprint density at radius 2 is 2.14 bits per heavy atom. The fourth-order valence-corrected chi connectivity index (χ4v) is 3.30. The molecule has 0 saturated heterocycles. The van der Waals surface area contributed by atoms with Crippen molar-refractivity contribution in [2.45, 2.75) is 18.2 Å². The van der Waals surface area contributed by atoms with E-state index < -0.39 is 10.0 Å². The number of aryl methyl sites for hydroxylation is 2. The molecule has 0 aliphatic carbocycles. The first kappa shape index (κ1) is 15.2. The van der Waals surface area contributed by atoms with Gasteiger partial charge in [0, 0.05) is 31.9 Å². The molecule has 0 aliphatic heterocycles. The third-order valence-corrected chi connectivity index (χ3v) is 4.81. The van der Waals surface area contributed by atoms with Crippen molar-refractivity contribution in [2.75, 3.05) is 6.54 Å². The summed E-state index contributed by atoms with van der Waals surface area (Å²) in [7, 11) is -1.81. The van der Waals surface area contributed by atoms with Crippen molar-refractivity contribution >= 4 is 10.0 Å². The van der Waals surface area contributed by atoms with Crippen molar-refractivity contribution in [1.82, 2.24) is 14.5 Å². The number of hydrogen-bond acceptors (Lipinski definition) is 4. The standard InChI is InChI=1S/C14H16N4O2S/c1-11-3-4-12(10-15)9-14(11)21(19,20)17-8-6-13-5-7-16-18(13)2/h3-5,7,9,17H,6,8H2,1-2H3. The Hall–Kier alpha value is -2.17. The van der Waals surface area contributed by atoms with Crippen LogP contribution in [0.5, 0.6) is 0 Å². The van der Waals surface area contributed by atoms with E-state index in [2.05, 4.69) is 9.82 Å². The van der Waals surface area contributed by atoms with E-state index in [1.165, 1.54) is 6.07 Å². The molecule has 0 fully saturated rings. The van der Waals surface area contributed by atoms with Crippen LogP contribution in [0.1, 0.15) is 16.8 Å². The van der Waals surface area contributed by atoms with Crippen LogP contribution in [-0.2, 0) is 23.5 Å². The van der Waals surface area contributed by atoms with Gasteiger partial charge in [-0.3, -0.25) is 4.68 Å². The molecule has 0 unspecified atom stereocenters. The van der Waals surface area contributed by atoms with E-state index in [0.717, 1.165) is 5.69 Å². The van der Waals surface area contributed by atoms with Crippen LogP contribution in [0.4, 0.5) is 0 Å². The topological polar surface area (TPSA) is 87.8 Å². The molecule has 6 nitrogen and oxygen atoms in total. The van der Waals surface area contributed by atoms with Gasteiger partial charge in [0.2, 0.25) is 10.0 Å². The second kappa shape index (κ2) is 6.08. The zero-order valence-electron chi connectivity index (χ0n) is 11.9. The van der Waals surface area contributed by atoms with E-state index in [4.69, 9.17) is 5.26 Å². The van der Waals surface area contributed by atoms with Crippen LogP contribution in [0, 0.1) is 18.3 Å². The maximum Gasteiger partial charge on any atom is 0.240 e. The van der Waals surface area contributed by atoms with Crippen LogP contribution in [0.25, 0.3) is 0 Å². The van der Waals surface area contributed by atoms with Crippen LogP contribution in [0.3, 0.4) is 0 Å². The van der Waals surface area contributed by atoms with E-state index in [1.54, 1.807) is 29.9 Å². The van der Waals surface area contributed by atoms with E-state index in [9.17, 15) is 8.42 Å². The second-order valence-electron chi connectivity index (χ2n) is 4.69. The van der Waals surface area contributed by atoms with Gasteiger partial charge >= 0.3 is 0 Å². The molecular weight excluding hydrogens is 288 g/mol. The summed E-state index contributed by atoms with van der Waals surface area (Å²) in [5.74, 6) is 0. The average molecular weight is 304 g/mol. The molecule has 0 atom stereocenters. The van der Waals surface area contributed by atoms with Gasteiger partial charge in [-0.1, -0.05) is 6.07 Å². The van der Waals surface area contributed by atoms with Gasteiger partial charge in [-0.25, -0.2) is 13.1 Å². The van der Waals surface area contributed by atoms with Gasteiger partial charge in [0.05, 0.1) is 16.5 Å². The zero-order chi connectivity index (χ0) is 15.5. The summed E-state index contributed by atoms with van der Waals surface area (Å²) in [6.45, 7) is 1.98. The fraction of sp³-hybridized carbons (Fsp3) is 0.286. The first-order chi connectivity index (χ1) is 9.94. The molecule has 0 saturated carbocycles. The summed E-state index contributed by atoms with van der Waals surface area (Å²) in [5, 5.41) is 12.9. The van der Waals surface area contributed by atoms with Crippen molar-refractivity contribution in [3.05, 3.63) is 47.3 Å². The molecule has 1 aromatic carbocycles. The van der Waals surface area contributed by atoms with Gasteiger partial charge in [0.15, 0.2) is 0 Å². The van der Waals surface area contributed by atoms with Crippen LogP contribution < -0.4 is 4.72 Å². The summed E-state index contributed by atoms with van der Waals surface area (Å²) >= 11 is 0. The average Bonchev–Trinajstić information content (AvgIpc) is 2.84. The molecule has 0 radical (unpaired) electrons. The lowest BCUT2D eigenvalue weighted by Crippen LogP contribution is -2.27. The van der Waals surface area contributed by atoms with Crippen molar-refractivity contribution in [1.29, 1.82) is 5.26 Å². The molecule has 110 valence electrons. The van der Waals surface area contributed by atoms with Crippen LogP contribution in [-0.4, -0.2) is 24.7 Å². The smallest absolute Gasteiger partial charge is 0.240 e. The van der Waals surface area contributed by atoms with Gasteiger partial charge in [0.25, 0.3) is 0 Å². The third-order valence-electron chi connectivity index (χ3n) is 3.20. The maximum atomic E-state index is 12.3. The van der Waals surface area contributed by atoms with Gasteiger partial charge in [-0.15, -0.1) is 0 Å². The normalized spacial score (nSPS) is 11.3. The lowest BCUT2D eigenvalue weighted by atomic mass is 10.2. The predicted molar refractivity (Wildman–Crippen MR) is 78.0 cm³/mol. The Kier molecular flexibility index (Phi) is 4.40. The van der Waals surface area contributed by atoms with Gasteiger partial charge in [-0.2, -0.15) is 10.4 Å². The predicted octanol–water partition coefficient (Wildman–Crippen LogP) is 1.12. The number of benzene rings is 1. The second-order valence-corrected chi connectivity index (χ2v) is 6.42. The van der Waals surface area contributed by atoms with Crippen molar-refractivity contribution in [2.24, 2.45) is 7.05 Å². The Morgan fingerprint density at radius 1 is 1.38 bits per heavy atom. The SMILES string of the molecule is Cc1ccc(C#N)cc1S(=O)(=O)NCCc1ccnn1C. The summed E-state index contributed by atoms with van der Waals surface area (Å²) in [4.78, 5) is 0.145. The monoisotopic (exact) mass is 304 g/mol. The summed E-state index contributed by atoms with van der Waals surface area (Å²) in [5.41, 5.74) is 1.88. The van der Waals surface area contributed by atoms with Gasteiger partial charge in [-0.05, 0) is 30.7 Å². The Bertz CT molecular complexity index is 788. The number of sulfonamides is 1. The molecule has 7 heteroatoms. The van der Waals surface area contributed by atoms with E-state index in [-0.39, 0.29) is 11.4 Å². The first-order valence-electron chi connectivity index (χ1n) is 6.41. The molecule has 2 rings (SSSR count). The quantitative estimate of drug-likeness (QED) is 0.896. The minimum absolute atomic E-state index is 0.145. The van der Waals surface area contributed by atoms with Crippen molar-refractivity contribution in [3.8, 4) is 6.07 Å². The Labute approximate surface area is 124 Å². The Morgan fingerprint density at radius 3 is 2.76 bits per heavy atom. The highest BCUT2D eigenvalue weighted by molar-refractivity contribution is 7.89. The lowest BCUT2D eigenvalue weighted by molar-refractivity contribution is 0.579. The molecular formula is C14H16N4O2S. The number of nitrogens with one attached hydrogen (secondary N) is 1. The number of nitriles is 1. The summed E-state index contributed by atoms with van der Waals surface area (Å²) in [6.07, 6.45) is 2.22. The van der Waals surface area contributed by atoms with Crippen LogP contribution in [0.2, 0.25) is 0 Å². The molecule has 0 spiro atoms. The largest absolute Gasteiger partial charge is 0.273 e. The summed E-state index contributed by atoms with van der Waals surface area (Å²) in [6, 6.07) is 8.42. The van der Waals surface area contributed by atoms with Gasteiger partial charge in [0.1, 0.15) is 0 Å². The van der Waals surface area contributed by atoms with E-state index in [0.29, 0.717) is 17.5 Å². The number of aromatic nitrogens is 2. The highest BCUT2D eigenvalue weighted by Crippen LogP contribution is 2.16. The van der Waals surface area contributed by atoms with Crippen molar-refractivity contribution in [3.63, 3.8) is 0 Å². The van der Waals surface area contributed by atoms with E-state index >= 15 is 0 Å². The molecule has 0 amide bonds. The molecule has 1 N–H and O–H groups in total. The molecule has 0 aliphatic rings.